The summed E-state index contributed by atoms with van der Waals surface area (Å²) in [5.74, 6) is -2.41. The molecule has 0 rings (SSSR count). The summed E-state index contributed by atoms with van der Waals surface area (Å²) in [5, 5.41) is 0. The van der Waals surface area contributed by atoms with Crippen LogP contribution in [0.15, 0.2) is 42.9 Å². The first kappa shape index (κ1) is 23.7. The molecule has 0 saturated heterocycles. The van der Waals surface area contributed by atoms with E-state index in [-0.39, 0.29) is 0 Å². The average molecular weight is 388 g/mol. The topological polar surface area (TPSA) is 101 Å². The first-order valence-electron chi connectivity index (χ1n) is 7.26. The molecule has 0 aliphatic heterocycles. The molecule has 0 bridgehead atoms. The molecule has 26 heavy (non-hydrogen) atoms. The van der Waals surface area contributed by atoms with Gasteiger partial charge in [0.1, 0.15) is 0 Å². The average Bonchev–Trinajstić information content (AvgIpc) is 2.59. The van der Waals surface area contributed by atoms with Gasteiger partial charge in [-0.05, 0) is 33.1 Å². The molecule has 146 valence electrons. The van der Waals surface area contributed by atoms with Crippen molar-refractivity contribution in [2.75, 3.05) is 35.2 Å². The first-order valence-corrected chi connectivity index (χ1v) is 8.86. The van der Waals surface area contributed by atoms with E-state index < -0.39 is 31.8 Å². The van der Waals surface area contributed by atoms with Gasteiger partial charge < -0.3 is 14.3 Å². The molecular weight excluding hydrogens is 363 g/mol. The molecule has 0 atom stereocenters. The van der Waals surface area contributed by atoms with Crippen molar-refractivity contribution in [3.63, 3.8) is 0 Å². The molecule has 0 fully saturated rings. The molecule has 0 aromatic heterocycles. The van der Waals surface area contributed by atoms with Crippen molar-refractivity contribution >= 4 is 25.4 Å². The zero-order chi connectivity index (χ0) is 20.5. The maximum atomic E-state index is 11.6. The van der Waals surface area contributed by atoms with Crippen molar-refractivity contribution in [2.45, 2.75) is 6.41 Å². The number of hydrogen-bond acceptors (Lipinski definition) is 7. The predicted octanol–water partition coefficient (Wildman–Crippen LogP) is 1.37. The fraction of sp³-hybridized carbons (Fsp3) is 0.400. The summed E-state index contributed by atoms with van der Waals surface area (Å²) in [6.07, 6.45) is 1.32. The molecule has 0 radical (unpaired) electrons. The Morgan fingerprint density at radius 1 is 0.846 bits per heavy atom. The number of carbonyl (C=O) groups is 3. The van der Waals surface area contributed by atoms with Gasteiger partial charge in [-0.2, -0.15) is 4.67 Å². The van der Waals surface area contributed by atoms with E-state index in [1.807, 2.05) is 0 Å². The molecule has 0 aliphatic rings. The van der Waals surface area contributed by atoms with E-state index in [1.54, 1.807) is 37.5 Å². The molecule has 0 heterocycles. The van der Waals surface area contributed by atoms with Crippen LogP contribution in [0.4, 0.5) is 0 Å². The van der Waals surface area contributed by atoms with Crippen LogP contribution >= 0.6 is 7.51 Å². The highest BCUT2D eigenvalue weighted by molar-refractivity contribution is 7.58. The van der Waals surface area contributed by atoms with Crippen molar-refractivity contribution in [2.24, 2.45) is 4.91 Å². The lowest BCUT2D eigenvalue weighted by Gasteiger charge is -2.42. The number of hydrogen-bond donors (Lipinski definition) is 0. The third-order valence-electron chi connectivity index (χ3n) is 2.98. The number of carbonyl (C=O) groups excluding carboxylic acids is 3. The monoisotopic (exact) mass is 388 g/mol. The molecule has 0 aliphatic carbocycles. The molecule has 0 N–H and O–H groups in total. The van der Waals surface area contributed by atoms with Crippen molar-refractivity contribution in [3.8, 4) is 0 Å². The maximum absolute atomic E-state index is 11.6. The van der Waals surface area contributed by atoms with Crippen molar-refractivity contribution < 1.29 is 28.7 Å². The van der Waals surface area contributed by atoms with Crippen LogP contribution in [-0.2, 0) is 28.7 Å². The fourth-order valence-electron chi connectivity index (χ4n) is 1.86. The Hall–Kier alpha value is -2.26. The van der Waals surface area contributed by atoms with Gasteiger partial charge in [0.15, 0.2) is 0 Å². The molecule has 0 saturated carbocycles. The van der Waals surface area contributed by atoms with Gasteiger partial charge >= 0.3 is 24.3 Å². The lowest BCUT2D eigenvalue weighted by Crippen LogP contribution is -2.43. The Balaban J connectivity index is 6.19. The van der Waals surface area contributed by atoms with E-state index in [0.717, 1.165) is 18.2 Å². The number of ether oxygens (including phenoxy) is 2. The summed E-state index contributed by atoms with van der Waals surface area (Å²) in [7, 11) is 5.23. The molecule has 0 aromatic carbocycles. The summed E-state index contributed by atoms with van der Waals surface area (Å²) >= 11 is 0. The van der Waals surface area contributed by atoms with E-state index in [2.05, 4.69) is 24.6 Å². The predicted molar refractivity (Wildman–Crippen MR) is 97.1 cm³/mol. The Morgan fingerprint density at radius 2 is 1.23 bits per heavy atom. The highest BCUT2D eigenvalue weighted by Crippen LogP contribution is 2.57. The fourth-order valence-corrected chi connectivity index (χ4v) is 4.64. The normalized spacial score (nSPS) is 11.3. The SMILES string of the molecule is C=CC(=O)ON=P(N(C)C)(N(C)C)N(C)C(OC(=O)C=C)OC(=O)C=C. The first-order chi connectivity index (χ1) is 12.1. The highest BCUT2D eigenvalue weighted by Gasteiger charge is 2.40. The molecule has 0 unspecified atom stereocenters. The second-order valence-corrected chi connectivity index (χ2v) is 8.56. The van der Waals surface area contributed by atoms with E-state index in [4.69, 9.17) is 14.3 Å². The van der Waals surface area contributed by atoms with Crippen molar-refractivity contribution in [1.29, 1.82) is 0 Å². The van der Waals surface area contributed by atoms with Crippen LogP contribution in [0.5, 0.6) is 0 Å². The third-order valence-corrected chi connectivity index (χ3v) is 6.46. The summed E-state index contributed by atoms with van der Waals surface area (Å²) in [5.41, 5.74) is 0. The third kappa shape index (κ3) is 5.92. The Labute approximate surface area is 153 Å². The molecule has 11 heteroatoms. The minimum Gasteiger partial charge on any atom is -0.407 e. The van der Waals surface area contributed by atoms with Gasteiger partial charge in [0.25, 0.3) is 0 Å². The van der Waals surface area contributed by atoms with Crippen LogP contribution < -0.4 is 0 Å². The van der Waals surface area contributed by atoms with E-state index in [0.29, 0.717) is 0 Å². The number of rotatable bonds is 10. The van der Waals surface area contributed by atoms with Crippen LogP contribution in [0, 0.1) is 0 Å². The lowest BCUT2D eigenvalue weighted by atomic mass is 10.6. The smallest absolute Gasteiger partial charge is 0.358 e. The molecule has 10 nitrogen and oxygen atoms in total. The van der Waals surface area contributed by atoms with Gasteiger partial charge in [0.05, 0.1) is 0 Å². The standard InChI is InChI=1S/C15H25N4O6P/c1-9-12(20)23-15(24-13(21)10-2)19(8)26(17(4)5,18(6)7)16-25-14(22)11-3/h9-11,15H,1-3H2,4-8H3. The summed E-state index contributed by atoms with van der Waals surface area (Å²) in [6.45, 7) is 9.92. The van der Waals surface area contributed by atoms with Crippen LogP contribution in [0.1, 0.15) is 0 Å². The summed E-state index contributed by atoms with van der Waals surface area (Å²) in [4.78, 5) is 43.7. The van der Waals surface area contributed by atoms with Gasteiger partial charge in [-0.1, -0.05) is 19.7 Å². The van der Waals surface area contributed by atoms with Crippen LogP contribution in [-0.4, -0.2) is 73.6 Å². The van der Waals surface area contributed by atoms with Gasteiger partial charge in [-0.15, -0.1) is 0 Å². The maximum Gasteiger partial charge on any atom is 0.358 e. The molecule has 0 aromatic rings. The number of nitrogens with zero attached hydrogens (tertiary/aromatic N) is 4. The van der Waals surface area contributed by atoms with Crippen LogP contribution in [0.2, 0.25) is 0 Å². The van der Waals surface area contributed by atoms with E-state index >= 15 is 0 Å². The number of esters is 2. The largest absolute Gasteiger partial charge is 0.407 e. The molecular formula is C15H25N4O6P. The minimum atomic E-state index is -2.98. The summed E-state index contributed by atoms with van der Waals surface area (Å²) in [6, 6.07) is 0. The molecule has 0 spiro atoms. The Bertz CT molecular complexity index is 598. The minimum absolute atomic E-state index is 0.769. The zero-order valence-corrected chi connectivity index (χ0v) is 16.5. The van der Waals surface area contributed by atoms with Crippen molar-refractivity contribution in [1.82, 2.24) is 14.0 Å². The summed E-state index contributed by atoms with van der Waals surface area (Å²) < 4.78 is 14.9. The quantitative estimate of drug-likeness (QED) is 0.181. The van der Waals surface area contributed by atoms with Gasteiger partial charge in [0, 0.05) is 25.3 Å². The van der Waals surface area contributed by atoms with Crippen LogP contribution in [0.3, 0.4) is 0 Å². The zero-order valence-electron chi connectivity index (χ0n) is 15.6. The van der Waals surface area contributed by atoms with E-state index in [1.165, 1.54) is 11.7 Å². The van der Waals surface area contributed by atoms with Gasteiger partial charge in [-0.25, -0.2) is 23.7 Å². The lowest BCUT2D eigenvalue weighted by molar-refractivity contribution is -0.200. The second kappa shape index (κ2) is 10.7. The van der Waals surface area contributed by atoms with Crippen molar-refractivity contribution in [3.05, 3.63) is 38.0 Å². The second-order valence-electron chi connectivity index (χ2n) is 5.09. The van der Waals surface area contributed by atoms with E-state index in [9.17, 15) is 14.4 Å². The van der Waals surface area contributed by atoms with Gasteiger partial charge in [-0.3, -0.25) is 0 Å². The highest BCUT2D eigenvalue weighted by atomic mass is 31.2. The van der Waals surface area contributed by atoms with Gasteiger partial charge in [0.2, 0.25) is 7.51 Å². The van der Waals surface area contributed by atoms with Crippen LogP contribution in [0.25, 0.3) is 0 Å². The molecule has 0 amide bonds. The Kier molecular flexibility index (Phi) is 9.74. The Morgan fingerprint density at radius 3 is 1.54 bits per heavy atom.